The lowest BCUT2D eigenvalue weighted by Crippen LogP contribution is -2.32. The third-order valence-electron chi connectivity index (χ3n) is 3.94. The highest BCUT2D eigenvalue weighted by Crippen LogP contribution is 2.19. The lowest BCUT2D eigenvalue weighted by Gasteiger charge is -2.13. The van der Waals surface area contributed by atoms with Crippen LogP contribution < -0.4 is 5.32 Å². The molecule has 2 heterocycles. The van der Waals surface area contributed by atoms with Gasteiger partial charge in [0.1, 0.15) is 0 Å². The Morgan fingerprint density at radius 3 is 2.61 bits per heavy atom. The smallest absolute Gasteiger partial charge is 0.229 e. The molecule has 120 valence electrons. The van der Waals surface area contributed by atoms with Crippen LogP contribution in [0.15, 0.2) is 24.3 Å². The van der Waals surface area contributed by atoms with Gasteiger partial charge in [-0.25, -0.2) is 4.98 Å². The van der Waals surface area contributed by atoms with Gasteiger partial charge in [0.2, 0.25) is 23.7 Å². The Morgan fingerprint density at radius 1 is 1.22 bits per heavy atom. The number of nitrogens with one attached hydrogen (secondary N) is 1. The van der Waals surface area contributed by atoms with E-state index in [-0.39, 0.29) is 43.5 Å². The van der Waals surface area contributed by atoms with Crippen LogP contribution in [0.3, 0.4) is 0 Å². The van der Waals surface area contributed by atoms with E-state index in [0.29, 0.717) is 12.5 Å². The number of para-hydroxylation sites is 2. The summed E-state index contributed by atoms with van der Waals surface area (Å²) in [6.07, 6.45) is 0.558. The Bertz CT molecular complexity index is 765. The van der Waals surface area contributed by atoms with Crippen LogP contribution in [0.25, 0.3) is 11.0 Å². The zero-order chi connectivity index (χ0) is 16.4. The van der Waals surface area contributed by atoms with Crippen LogP contribution in [0.5, 0.6) is 0 Å². The van der Waals surface area contributed by atoms with E-state index in [1.54, 1.807) is 0 Å². The molecule has 0 saturated carbocycles. The molecule has 0 bridgehead atoms. The number of amides is 3. The normalized spacial score (nSPS) is 14.7. The van der Waals surface area contributed by atoms with Crippen LogP contribution in [0.1, 0.15) is 26.2 Å². The standard InChI is InChI=1S/C16H18N4O3/c1-2-19-12-6-4-3-5-11(12)17-16(19)18-13(21)9-10-20-14(22)7-8-15(20)23/h3-6H,2,7-10H2,1H3,(H,17,18,21). The number of imidazole rings is 1. The summed E-state index contributed by atoms with van der Waals surface area (Å²) in [4.78, 5) is 40.7. The Kier molecular flexibility index (Phi) is 4.10. The number of hydrogen-bond donors (Lipinski definition) is 1. The van der Waals surface area contributed by atoms with Gasteiger partial charge in [-0.05, 0) is 19.1 Å². The first-order valence-corrected chi connectivity index (χ1v) is 7.68. The maximum absolute atomic E-state index is 12.1. The van der Waals surface area contributed by atoms with Crippen molar-refractivity contribution in [2.24, 2.45) is 0 Å². The summed E-state index contributed by atoms with van der Waals surface area (Å²) in [6, 6.07) is 7.65. The second kappa shape index (κ2) is 6.20. The Morgan fingerprint density at radius 2 is 1.91 bits per heavy atom. The Labute approximate surface area is 133 Å². The summed E-state index contributed by atoms with van der Waals surface area (Å²) < 4.78 is 1.92. The largest absolute Gasteiger partial charge is 0.310 e. The van der Waals surface area contributed by atoms with E-state index in [4.69, 9.17) is 0 Å². The third kappa shape index (κ3) is 2.94. The Hall–Kier alpha value is -2.70. The quantitative estimate of drug-likeness (QED) is 0.848. The van der Waals surface area contributed by atoms with E-state index in [2.05, 4.69) is 10.3 Å². The van der Waals surface area contributed by atoms with Crippen molar-refractivity contribution in [2.45, 2.75) is 32.7 Å². The molecule has 1 saturated heterocycles. The van der Waals surface area contributed by atoms with Crippen molar-refractivity contribution < 1.29 is 14.4 Å². The first-order valence-electron chi connectivity index (χ1n) is 7.68. The molecule has 1 fully saturated rings. The van der Waals surface area contributed by atoms with Crippen LogP contribution in [-0.4, -0.2) is 38.7 Å². The molecule has 7 nitrogen and oxygen atoms in total. The Balaban J connectivity index is 1.68. The first-order chi connectivity index (χ1) is 11.1. The van der Waals surface area contributed by atoms with Gasteiger partial charge in [-0.1, -0.05) is 12.1 Å². The molecule has 0 radical (unpaired) electrons. The van der Waals surface area contributed by atoms with Gasteiger partial charge >= 0.3 is 0 Å². The highest BCUT2D eigenvalue weighted by atomic mass is 16.2. The number of imide groups is 1. The number of benzene rings is 1. The second-order valence-corrected chi connectivity index (χ2v) is 5.41. The molecule has 23 heavy (non-hydrogen) atoms. The average Bonchev–Trinajstić information content (AvgIpc) is 3.05. The van der Waals surface area contributed by atoms with Gasteiger partial charge < -0.3 is 4.57 Å². The molecule has 0 unspecified atom stereocenters. The van der Waals surface area contributed by atoms with Crippen LogP contribution in [0, 0.1) is 0 Å². The number of aryl methyl sites for hydroxylation is 1. The molecular weight excluding hydrogens is 296 g/mol. The number of likely N-dealkylation sites (tertiary alicyclic amines) is 1. The fourth-order valence-electron chi connectivity index (χ4n) is 2.76. The van der Waals surface area contributed by atoms with Crippen molar-refractivity contribution in [1.29, 1.82) is 0 Å². The van der Waals surface area contributed by atoms with E-state index in [9.17, 15) is 14.4 Å². The van der Waals surface area contributed by atoms with Crippen molar-refractivity contribution in [2.75, 3.05) is 11.9 Å². The fourth-order valence-corrected chi connectivity index (χ4v) is 2.76. The molecule has 2 aromatic rings. The van der Waals surface area contributed by atoms with Crippen molar-refractivity contribution in [3.63, 3.8) is 0 Å². The van der Waals surface area contributed by atoms with Crippen LogP contribution in [-0.2, 0) is 20.9 Å². The fraction of sp³-hybridized carbons (Fsp3) is 0.375. The number of hydrogen-bond acceptors (Lipinski definition) is 4. The molecule has 1 aromatic carbocycles. The minimum Gasteiger partial charge on any atom is -0.310 e. The van der Waals surface area contributed by atoms with Crippen LogP contribution >= 0.6 is 0 Å². The van der Waals surface area contributed by atoms with Crippen molar-refractivity contribution in [1.82, 2.24) is 14.5 Å². The van der Waals surface area contributed by atoms with Crippen molar-refractivity contribution in [3.05, 3.63) is 24.3 Å². The minimum absolute atomic E-state index is 0.0738. The second-order valence-electron chi connectivity index (χ2n) is 5.41. The number of carbonyl (C=O) groups is 3. The molecule has 0 aliphatic carbocycles. The maximum atomic E-state index is 12.1. The predicted molar refractivity (Wildman–Crippen MR) is 84.6 cm³/mol. The zero-order valence-electron chi connectivity index (χ0n) is 12.9. The molecule has 7 heteroatoms. The average molecular weight is 314 g/mol. The summed E-state index contributed by atoms with van der Waals surface area (Å²) in [6.45, 7) is 2.78. The molecule has 0 atom stereocenters. The van der Waals surface area contributed by atoms with Gasteiger partial charge in [0.15, 0.2) is 0 Å². The van der Waals surface area contributed by atoms with Crippen LogP contribution in [0.2, 0.25) is 0 Å². The summed E-state index contributed by atoms with van der Waals surface area (Å²) >= 11 is 0. The summed E-state index contributed by atoms with van der Waals surface area (Å²) in [5, 5.41) is 2.77. The van der Waals surface area contributed by atoms with E-state index in [1.807, 2.05) is 35.8 Å². The van der Waals surface area contributed by atoms with Gasteiger partial charge in [0.05, 0.1) is 11.0 Å². The molecule has 3 amide bonds. The summed E-state index contributed by atoms with van der Waals surface area (Å²) in [7, 11) is 0. The highest BCUT2D eigenvalue weighted by Gasteiger charge is 2.28. The van der Waals surface area contributed by atoms with Crippen molar-refractivity contribution in [3.8, 4) is 0 Å². The van der Waals surface area contributed by atoms with Crippen molar-refractivity contribution >= 4 is 34.7 Å². The van der Waals surface area contributed by atoms with Gasteiger partial charge in [0, 0.05) is 32.4 Å². The van der Waals surface area contributed by atoms with Gasteiger partial charge in [-0.15, -0.1) is 0 Å². The molecule has 1 aromatic heterocycles. The molecule has 0 spiro atoms. The number of carbonyl (C=O) groups excluding carboxylic acids is 3. The van der Waals surface area contributed by atoms with Crippen LogP contribution in [0.4, 0.5) is 5.95 Å². The topological polar surface area (TPSA) is 84.3 Å². The van der Waals surface area contributed by atoms with E-state index >= 15 is 0 Å². The number of anilines is 1. The van der Waals surface area contributed by atoms with E-state index in [0.717, 1.165) is 15.9 Å². The predicted octanol–water partition coefficient (Wildman–Crippen LogP) is 1.53. The number of fused-ring (bicyclic) bond motifs is 1. The minimum atomic E-state index is -0.262. The number of aromatic nitrogens is 2. The SMILES string of the molecule is CCn1c(NC(=O)CCN2C(=O)CCC2=O)nc2ccccc21. The molecule has 1 aliphatic rings. The van der Waals surface area contributed by atoms with Gasteiger partial charge in [-0.2, -0.15) is 0 Å². The van der Waals surface area contributed by atoms with Gasteiger partial charge in [-0.3, -0.25) is 24.6 Å². The third-order valence-corrected chi connectivity index (χ3v) is 3.94. The monoisotopic (exact) mass is 314 g/mol. The van der Waals surface area contributed by atoms with Gasteiger partial charge in [0.25, 0.3) is 0 Å². The first kappa shape index (κ1) is 15.2. The lowest BCUT2D eigenvalue weighted by atomic mass is 10.3. The lowest BCUT2D eigenvalue weighted by molar-refractivity contribution is -0.138. The summed E-state index contributed by atoms with van der Waals surface area (Å²) in [5.41, 5.74) is 1.77. The molecular formula is C16H18N4O3. The molecule has 1 N–H and O–H groups in total. The number of nitrogens with zero attached hydrogens (tertiary/aromatic N) is 3. The zero-order valence-corrected chi connectivity index (χ0v) is 12.9. The highest BCUT2D eigenvalue weighted by molar-refractivity contribution is 6.02. The summed E-state index contributed by atoms with van der Waals surface area (Å²) in [5.74, 6) is -0.188. The maximum Gasteiger partial charge on any atom is 0.229 e. The molecule has 3 rings (SSSR count). The molecule has 1 aliphatic heterocycles. The van der Waals surface area contributed by atoms with E-state index < -0.39 is 0 Å². The number of rotatable bonds is 5. The van der Waals surface area contributed by atoms with E-state index in [1.165, 1.54) is 0 Å².